The zero-order valence-electron chi connectivity index (χ0n) is 13.8. The second-order valence-corrected chi connectivity index (χ2v) is 5.98. The Bertz CT molecular complexity index is 467. The molecule has 1 aliphatic rings. The van der Waals surface area contributed by atoms with E-state index in [0.29, 0.717) is 6.54 Å². The van der Waals surface area contributed by atoms with Crippen LogP contribution in [0.5, 0.6) is 0 Å². The number of hydrogen-bond donors (Lipinski definition) is 1. The fourth-order valence-electron chi connectivity index (χ4n) is 2.90. The Hall–Kier alpha value is -1.59. The van der Waals surface area contributed by atoms with E-state index in [-0.39, 0.29) is 18.6 Å². The lowest BCUT2D eigenvalue weighted by Gasteiger charge is -2.28. The summed E-state index contributed by atoms with van der Waals surface area (Å²) in [6.07, 6.45) is 2.47. The minimum Gasteiger partial charge on any atom is -0.378 e. The summed E-state index contributed by atoms with van der Waals surface area (Å²) in [5.41, 5.74) is 2.44. The van der Waals surface area contributed by atoms with Gasteiger partial charge in [0.25, 0.3) is 0 Å². The smallest absolute Gasteiger partial charge is 0.246 e. The molecule has 1 N–H and O–H groups in total. The predicted octanol–water partition coefficient (Wildman–Crippen LogP) is 1.65. The summed E-state index contributed by atoms with van der Waals surface area (Å²) in [4.78, 5) is 16.2. The number of amides is 1. The molecule has 0 saturated carbocycles. The van der Waals surface area contributed by atoms with Crippen molar-refractivity contribution in [1.82, 2.24) is 10.2 Å². The molecule has 122 valence electrons. The number of carbonyl (C=O) groups is 1. The molecule has 0 aliphatic carbocycles. The molecule has 1 aliphatic heterocycles. The molecule has 2 rings (SSSR count). The molecule has 0 bridgehead atoms. The SMILES string of the molecule is COCC(=O)NCC(c1ccc(N(C)C)cc1)N1CCCC1. The summed E-state index contributed by atoms with van der Waals surface area (Å²) >= 11 is 0. The number of rotatable bonds is 7. The topological polar surface area (TPSA) is 44.8 Å². The zero-order valence-corrected chi connectivity index (χ0v) is 13.8. The minimum absolute atomic E-state index is 0.0587. The number of ether oxygens (including phenoxy) is 1. The van der Waals surface area contributed by atoms with Crippen LogP contribution >= 0.6 is 0 Å². The van der Waals surface area contributed by atoms with Gasteiger partial charge in [0.2, 0.25) is 5.91 Å². The molecule has 0 aromatic heterocycles. The second kappa shape index (κ2) is 8.15. The van der Waals surface area contributed by atoms with E-state index in [4.69, 9.17) is 4.74 Å². The van der Waals surface area contributed by atoms with E-state index in [2.05, 4.69) is 39.4 Å². The van der Waals surface area contributed by atoms with Gasteiger partial charge >= 0.3 is 0 Å². The molecular weight excluding hydrogens is 278 g/mol. The number of nitrogens with one attached hydrogen (secondary N) is 1. The summed E-state index contributed by atoms with van der Waals surface area (Å²) in [5, 5.41) is 2.98. The maximum atomic E-state index is 11.7. The lowest BCUT2D eigenvalue weighted by atomic mass is 10.0. The average molecular weight is 305 g/mol. The van der Waals surface area contributed by atoms with E-state index in [0.717, 1.165) is 13.1 Å². The first-order valence-electron chi connectivity index (χ1n) is 7.89. The van der Waals surface area contributed by atoms with Gasteiger partial charge in [0, 0.05) is 33.4 Å². The van der Waals surface area contributed by atoms with E-state index in [1.807, 2.05) is 14.1 Å². The minimum atomic E-state index is -0.0587. The van der Waals surface area contributed by atoms with Crippen molar-refractivity contribution in [3.8, 4) is 0 Å². The Labute approximate surface area is 133 Å². The van der Waals surface area contributed by atoms with Crippen molar-refractivity contribution in [1.29, 1.82) is 0 Å². The molecular formula is C17H27N3O2. The molecule has 1 atom stereocenters. The van der Waals surface area contributed by atoms with Gasteiger partial charge in [-0.25, -0.2) is 0 Å². The first-order chi connectivity index (χ1) is 10.6. The van der Waals surface area contributed by atoms with Crippen LogP contribution in [0.25, 0.3) is 0 Å². The highest BCUT2D eigenvalue weighted by molar-refractivity contribution is 5.77. The van der Waals surface area contributed by atoms with Gasteiger partial charge in [-0.1, -0.05) is 12.1 Å². The molecule has 1 unspecified atom stereocenters. The Balaban J connectivity index is 2.07. The molecule has 5 nitrogen and oxygen atoms in total. The third kappa shape index (κ3) is 4.45. The molecule has 0 radical (unpaired) electrons. The Morgan fingerprint density at radius 3 is 2.45 bits per heavy atom. The molecule has 5 heteroatoms. The quantitative estimate of drug-likeness (QED) is 0.832. The number of benzene rings is 1. The fourth-order valence-corrected chi connectivity index (χ4v) is 2.90. The van der Waals surface area contributed by atoms with E-state index in [1.54, 1.807) is 0 Å². The van der Waals surface area contributed by atoms with E-state index < -0.39 is 0 Å². The van der Waals surface area contributed by atoms with Crippen molar-refractivity contribution >= 4 is 11.6 Å². The van der Waals surface area contributed by atoms with Crippen molar-refractivity contribution in [2.45, 2.75) is 18.9 Å². The van der Waals surface area contributed by atoms with Gasteiger partial charge in [-0.05, 0) is 43.6 Å². The van der Waals surface area contributed by atoms with Crippen LogP contribution in [0.2, 0.25) is 0 Å². The van der Waals surface area contributed by atoms with E-state index >= 15 is 0 Å². The van der Waals surface area contributed by atoms with Crippen LogP contribution in [0.4, 0.5) is 5.69 Å². The van der Waals surface area contributed by atoms with Crippen LogP contribution < -0.4 is 10.2 Å². The normalized spacial score (nSPS) is 16.5. The van der Waals surface area contributed by atoms with Crippen LogP contribution in [0.3, 0.4) is 0 Å². The van der Waals surface area contributed by atoms with Gasteiger partial charge in [-0.15, -0.1) is 0 Å². The van der Waals surface area contributed by atoms with E-state index in [9.17, 15) is 4.79 Å². The standard InChI is InChI=1S/C17H27N3O2/c1-19(2)15-8-6-14(7-9-15)16(20-10-4-5-11-20)12-18-17(21)13-22-3/h6-9,16H,4-5,10-13H2,1-3H3,(H,18,21). The van der Waals surface area contributed by atoms with Gasteiger partial charge in [-0.3, -0.25) is 9.69 Å². The highest BCUT2D eigenvalue weighted by atomic mass is 16.5. The average Bonchev–Trinajstić information content (AvgIpc) is 3.02. The molecule has 1 saturated heterocycles. The highest BCUT2D eigenvalue weighted by Crippen LogP contribution is 2.26. The molecule has 22 heavy (non-hydrogen) atoms. The molecule has 1 aromatic carbocycles. The van der Waals surface area contributed by atoms with Gasteiger partial charge in [0.15, 0.2) is 0 Å². The van der Waals surface area contributed by atoms with Crippen LogP contribution in [-0.4, -0.2) is 58.3 Å². The van der Waals surface area contributed by atoms with Crippen LogP contribution in [0, 0.1) is 0 Å². The predicted molar refractivity (Wildman–Crippen MR) is 89.2 cm³/mol. The number of anilines is 1. The zero-order chi connectivity index (χ0) is 15.9. The first-order valence-corrected chi connectivity index (χ1v) is 7.89. The fraction of sp³-hybridized carbons (Fsp3) is 0.588. The van der Waals surface area contributed by atoms with Gasteiger partial charge in [0.1, 0.15) is 6.61 Å². The van der Waals surface area contributed by atoms with Crippen molar-refractivity contribution in [2.24, 2.45) is 0 Å². The number of likely N-dealkylation sites (tertiary alicyclic amines) is 1. The van der Waals surface area contributed by atoms with Crippen LogP contribution in [-0.2, 0) is 9.53 Å². The van der Waals surface area contributed by atoms with Crippen molar-refractivity contribution in [3.05, 3.63) is 29.8 Å². The molecule has 1 amide bonds. The van der Waals surface area contributed by atoms with Crippen LogP contribution in [0.15, 0.2) is 24.3 Å². The Morgan fingerprint density at radius 2 is 1.91 bits per heavy atom. The lowest BCUT2D eigenvalue weighted by molar-refractivity contribution is -0.124. The third-order valence-electron chi connectivity index (χ3n) is 4.14. The summed E-state index contributed by atoms with van der Waals surface area (Å²) in [6.45, 7) is 2.94. The third-order valence-corrected chi connectivity index (χ3v) is 4.14. The Morgan fingerprint density at radius 1 is 1.27 bits per heavy atom. The monoisotopic (exact) mass is 305 g/mol. The second-order valence-electron chi connectivity index (χ2n) is 5.98. The van der Waals surface area contributed by atoms with Crippen molar-refractivity contribution < 1.29 is 9.53 Å². The summed E-state index contributed by atoms with van der Waals surface area (Å²) < 4.78 is 4.88. The number of nitrogens with zero attached hydrogens (tertiary/aromatic N) is 2. The lowest BCUT2D eigenvalue weighted by Crippen LogP contribution is -2.38. The maximum Gasteiger partial charge on any atom is 0.246 e. The van der Waals surface area contributed by atoms with Crippen molar-refractivity contribution in [3.63, 3.8) is 0 Å². The number of hydrogen-bond acceptors (Lipinski definition) is 4. The van der Waals surface area contributed by atoms with Crippen molar-refractivity contribution in [2.75, 3.05) is 52.3 Å². The van der Waals surface area contributed by atoms with Crippen LogP contribution in [0.1, 0.15) is 24.4 Å². The molecule has 1 aromatic rings. The molecule has 1 heterocycles. The molecule has 0 spiro atoms. The Kier molecular flexibility index (Phi) is 6.21. The molecule has 1 fully saturated rings. The summed E-state index contributed by atoms with van der Waals surface area (Å²) in [5.74, 6) is -0.0587. The number of methoxy groups -OCH3 is 1. The largest absolute Gasteiger partial charge is 0.378 e. The van der Waals surface area contributed by atoms with Gasteiger partial charge < -0.3 is 15.0 Å². The number of carbonyl (C=O) groups excluding carboxylic acids is 1. The first kappa shape index (κ1) is 16.8. The van der Waals surface area contributed by atoms with Gasteiger partial charge in [-0.2, -0.15) is 0 Å². The highest BCUT2D eigenvalue weighted by Gasteiger charge is 2.23. The van der Waals surface area contributed by atoms with Gasteiger partial charge in [0.05, 0.1) is 6.04 Å². The maximum absolute atomic E-state index is 11.7. The van der Waals surface area contributed by atoms with E-state index in [1.165, 1.54) is 31.2 Å². The summed E-state index contributed by atoms with van der Waals surface area (Å²) in [7, 11) is 5.62. The summed E-state index contributed by atoms with van der Waals surface area (Å²) in [6, 6.07) is 8.84.